The zero-order valence-corrected chi connectivity index (χ0v) is 13.0. The number of aliphatic hydroxyl groups excluding tert-OH is 1. The number of carbonyl (C=O) groups is 3. The van der Waals surface area contributed by atoms with Crippen molar-refractivity contribution < 1.29 is 24.2 Å². The van der Waals surface area contributed by atoms with Gasteiger partial charge in [0.15, 0.2) is 6.10 Å². The monoisotopic (exact) mass is 300 g/mol. The average Bonchev–Trinajstić information content (AvgIpc) is 2.90. The molecule has 1 heterocycles. The van der Waals surface area contributed by atoms with Crippen LogP contribution in [0.25, 0.3) is 0 Å². The van der Waals surface area contributed by atoms with Crippen LogP contribution in [0.2, 0.25) is 0 Å². The number of carbonyl (C=O) groups excluding carboxylic acids is 3. The van der Waals surface area contributed by atoms with E-state index in [-0.39, 0.29) is 18.4 Å². The molecule has 0 aliphatic carbocycles. The zero-order valence-electron chi connectivity index (χ0n) is 13.0. The standard InChI is InChI=1S/C14H24N2O5/c1-14(2,3)13(20)16-7-5-6-9(16)11(18)15-8-10(17)12(19)21-4/h9-10,17H,5-8H2,1-4H3,(H,15,18). The van der Waals surface area contributed by atoms with Gasteiger partial charge in [0.2, 0.25) is 11.8 Å². The average molecular weight is 300 g/mol. The summed E-state index contributed by atoms with van der Waals surface area (Å²) in [6, 6.07) is -0.540. The van der Waals surface area contributed by atoms with Crippen molar-refractivity contribution in [2.24, 2.45) is 5.41 Å². The smallest absolute Gasteiger partial charge is 0.336 e. The number of ether oxygens (including phenoxy) is 1. The Labute approximate surface area is 124 Å². The van der Waals surface area contributed by atoms with Crippen molar-refractivity contribution in [2.45, 2.75) is 45.8 Å². The molecular weight excluding hydrogens is 276 g/mol. The molecule has 0 aromatic heterocycles. The number of nitrogens with zero attached hydrogens (tertiary/aromatic N) is 1. The number of methoxy groups -OCH3 is 1. The topological polar surface area (TPSA) is 95.9 Å². The van der Waals surface area contributed by atoms with E-state index in [1.807, 2.05) is 20.8 Å². The molecule has 1 saturated heterocycles. The summed E-state index contributed by atoms with van der Waals surface area (Å²) in [4.78, 5) is 37.1. The van der Waals surface area contributed by atoms with E-state index >= 15 is 0 Å². The molecule has 21 heavy (non-hydrogen) atoms. The largest absolute Gasteiger partial charge is 0.467 e. The molecule has 0 bridgehead atoms. The third-order valence-electron chi connectivity index (χ3n) is 3.40. The van der Waals surface area contributed by atoms with Gasteiger partial charge in [-0.05, 0) is 12.8 Å². The molecule has 0 radical (unpaired) electrons. The van der Waals surface area contributed by atoms with Crippen molar-refractivity contribution in [3.05, 3.63) is 0 Å². The van der Waals surface area contributed by atoms with Crippen molar-refractivity contribution >= 4 is 17.8 Å². The maximum Gasteiger partial charge on any atom is 0.336 e. The Morgan fingerprint density at radius 1 is 1.38 bits per heavy atom. The van der Waals surface area contributed by atoms with E-state index < -0.39 is 23.5 Å². The van der Waals surface area contributed by atoms with Crippen LogP contribution in [0.1, 0.15) is 33.6 Å². The van der Waals surface area contributed by atoms with E-state index in [1.165, 1.54) is 0 Å². The molecule has 2 atom stereocenters. The van der Waals surface area contributed by atoms with Crippen molar-refractivity contribution in [2.75, 3.05) is 20.2 Å². The van der Waals surface area contributed by atoms with E-state index in [0.717, 1.165) is 13.5 Å². The highest BCUT2D eigenvalue weighted by molar-refractivity contribution is 5.90. The second-order valence-corrected chi connectivity index (χ2v) is 6.19. The molecule has 120 valence electrons. The number of aliphatic hydroxyl groups is 1. The van der Waals surface area contributed by atoms with E-state index in [1.54, 1.807) is 4.90 Å². The first-order chi connectivity index (χ1) is 9.68. The molecule has 2 unspecified atom stereocenters. The van der Waals surface area contributed by atoms with Crippen LogP contribution in [0.15, 0.2) is 0 Å². The summed E-state index contributed by atoms with van der Waals surface area (Å²) < 4.78 is 4.37. The van der Waals surface area contributed by atoms with Gasteiger partial charge < -0.3 is 20.1 Å². The lowest BCUT2D eigenvalue weighted by Gasteiger charge is -2.30. The highest BCUT2D eigenvalue weighted by atomic mass is 16.5. The maximum absolute atomic E-state index is 12.3. The summed E-state index contributed by atoms with van der Waals surface area (Å²) in [7, 11) is 1.16. The normalized spacial score (nSPS) is 20.0. The summed E-state index contributed by atoms with van der Waals surface area (Å²) in [5, 5.41) is 11.9. The number of amides is 2. The van der Waals surface area contributed by atoms with E-state index in [0.29, 0.717) is 13.0 Å². The lowest BCUT2D eigenvalue weighted by Crippen LogP contribution is -2.50. The Morgan fingerprint density at radius 3 is 2.52 bits per heavy atom. The molecule has 1 fully saturated rings. The van der Waals surface area contributed by atoms with E-state index in [2.05, 4.69) is 10.1 Å². The fraction of sp³-hybridized carbons (Fsp3) is 0.786. The predicted molar refractivity (Wildman–Crippen MR) is 75.2 cm³/mol. The quantitative estimate of drug-likeness (QED) is 0.693. The fourth-order valence-electron chi connectivity index (χ4n) is 2.25. The molecule has 1 aliphatic rings. The molecule has 2 N–H and O–H groups in total. The van der Waals surface area contributed by atoms with Gasteiger partial charge in [-0.15, -0.1) is 0 Å². The van der Waals surface area contributed by atoms with Gasteiger partial charge in [0.05, 0.1) is 13.7 Å². The number of nitrogens with one attached hydrogen (secondary N) is 1. The number of esters is 1. The number of hydrogen-bond donors (Lipinski definition) is 2. The molecule has 0 saturated carbocycles. The SMILES string of the molecule is COC(=O)C(O)CNC(=O)C1CCCN1C(=O)C(C)(C)C. The molecule has 0 aromatic rings. The Hall–Kier alpha value is -1.63. The van der Waals surface area contributed by atoms with Crippen LogP contribution in [0.3, 0.4) is 0 Å². The summed E-state index contributed by atoms with van der Waals surface area (Å²) >= 11 is 0. The van der Waals surface area contributed by atoms with Gasteiger partial charge in [-0.1, -0.05) is 20.8 Å². The van der Waals surface area contributed by atoms with Crippen LogP contribution in [0.5, 0.6) is 0 Å². The molecule has 1 aliphatic heterocycles. The third-order valence-corrected chi connectivity index (χ3v) is 3.40. The fourth-order valence-corrected chi connectivity index (χ4v) is 2.25. The summed E-state index contributed by atoms with van der Waals surface area (Å²) in [6.45, 7) is 5.75. The second-order valence-electron chi connectivity index (χ2n) is 6.19. The third kappa shape index (κ3) is 4.42. The van der Waals surface area contributed by atoms with Gasteiger partial charge in [0, 0.05) is 12.0 Å². The Kier molecular flexibility index (Phi) is 5.71. The van der Waals surface area contributed by atoms with Crippen molar-refractivity contribution in [3.8, 4) is 0 Å². The van der Waals surface area contributed by atoms with Crippen LogP contribution in [-0.2, 0) is 19.1 Å². The van der Waals surface area contributed by atoms with Gasteiger partial charge in [-0.2, -0.15) is 0 Å². The minimum absolute atomic E-state index is 0.0753. The first-order valence-corrected chi connectivity index (χ1v) is 7.03. The Morgan fingerprint density at radius 2 is 2.00 bits per heavy atom. The van der Waals surface area contributed by atoms with Gasteiger partial charge in [-0.25, -0.2) is 4.79 Å². The Bertz CT molecular complexity index is 416. The van der Waals surface area contributed by atoms with Gasteiger partial charge >= 0.3 is 5.97 Å². The van der Waals surface area contributed by atoms with Gasteiger partial charge in [-0.3, -0.25) is 9.59 Å². The van der Waals surface area contributed by atoms with Crippen LogP contribution in [-0.4, -0.2) is 60.1 Å². The molecule has 7 heteroatoms. The predicted octanol–water partition coefficient (Wildman–Crippen LogP) is -0.326. The Balaban J connectivity index is 2.61. The van der Waals surface area contributed by atoms with Crippen molar-refractivity contribution in [1.29, 1.82) is 0 Å². The molecule has 0 spiro atoms. The van der Waals surface area contributed by atoms with Crippen LogP contribution in [0.4, 0.5) is 0 Å². The minimum Gasteiger partial charge on any atom is -0.467 e. The van der Waals surface area contributed by atoms with Crippen LogP contribution in [0, 0.1) is 5.41 Å². The van der Waals surface area contributed by atoms with Gasteiger partial charge in [0.25, 0.3) is 0 Å². The maximum atomic E-state index is 12.3. The second kappa shape index (κ2) is 6.89. The molecule has 2 amide bonds. The molecular formula is C14H24N2O5. The first kappa shape index (κ1) is 17.4. The highest BCUT2D eigenvalue weighted by Gasteiger charge is 2.38. The zero-order chi connectivity index (χ0) is 16.2. The number of likely N-dealkylation sites (tertiary alicyclic amines) is 1. The molecule has 1 rings (SSSR count). The first-order valence-electron chi connectivity index (χ1n) is 7.03. The summed E-state index contributed by atoms with van der Waals surface area (Å²) in [5.74, 6) is -1.23. The van der Waals surface area contributed by atoms with Crippen molar-refractivity contribution in [1.82, 2.24) is 10.2 Å². The lowest BCUT2D eigenvalue weighted by molar-refractivity contribution is -0.150. The highest BCUT2D eigenvalue weighted by Crippen LogP contribution is 2.25. The van der Waals surface area contributed by atoms with Crippen molar-refractivity contribution in [3.63, 3.8) is 0 Å². The number of rotatable bonds is 4. The van der Waals surface area contributed by atoms with E-state index in [9.17, 15) is 19.5 Å². The number of hydrogen-bond acceptors (Lipinski definition) is 5. The summed E-state index contributed by atoms with van der Waals surface area (Å²) in [6.07, 6.45) is -0.0475. The van der Waals surface area contributed by atoms with Gasteiger partial charge in [0.1, 0.15) is 6.04 Å². The van der Waals surface area contributed by atoms with E-state index in [4.69, 9.17) is 0 Å². The van der Waals surface area contributed by atoms with Crippen LogP contribution >= 0.6 is 0 Å². The molecule has 0 aromatic carbocycles. The summed E-state index contributed by atoms with van der Waals surface area (Å²) in [5.41, 5.74) is -0.547. The molecule has 7 nitrogen and oxygen atoms in total. The minimum atomic E-state index is -1.40. The van der Waals surface area contributed by atoms with Crippen LogP contribution < -0.4 is 5.32 Å². The lowest BCUT2D eigenvalue weighted by atomic mass is 9.94.